The third kappa shape index (κ3) is 5.17. The van der Waals surface area contributed by atoms with E-state index in [1.165, 1.54) is 42.5 Å². The molecule has 0 radical (unpaired) electrons. The van der Waals surface area contributed by atoms with Gasteiger partial charge in [0.25, 0.3) is 11.6 Å². The van der Waals surface area contributed by atoms with E-state index in [9.17, 15) is 29.3 Å². The van der Waals surface area contributed by atoms with E-state index in [0.717, 1.165) is 6.07 Å². The molecule has 0 bridgehead atoms. The number of aryl methyl sites for hydroxylation is 1. The first-order valence-electron chi connectivity index (χ1n) is 10.7. The SMILES string of the molecule is Cc1ccc(C(=O)COC(=O)c2ccc(NC(=O)c3cc(=O)[nH]c4ccccc34)cc2)cc1[N+](=O)[O-]. The Morgan fingerprint density at radius 1 is 0.972 bits per heavy atom. The number of nitro benzene ring substituents is 1. The van der Waals surface area contributed by atoms with Crippen molar-refractivity contribution in [1.82, 2.24) is 4.98 Å². The zero-order chi connectivity index (χ0) is 25.8. The van der Waals surface area contributed by atoms with Crippen LogP contribution in [0.3, 0.4) is 0 Å². The average molecular weight is 485 g/mol. The van der Waals surface area contributed by atoms with Crippen molar-refractivity contribution in [2.24, 2.45) is 0 Å². The Morgan fingerprint density at radius 2 is 1.67 bits per heavy atom. The van der Waals surface area contributed by atoms with Crippen molar-refractivity contribution in [1.29, 1.82) is 0 Å². The van der Waals surface area contributed by atoms with Crippen LogP contribution in [0.15, 0.2) is 77.6 Å². The molecule has 3 aromatic carbocycles. The number of nitro groups is 1. The molecule has 4 aromatic rings. The molecule has 2 N–H and O–H groups in total. The third-order valence-corrected chi connectivity index (χ3v) is 5.44. The number of anilines is 1. The normalized spacial score (nSPS) is 10.6. The Balaban J connectivity index is 1.40. The molecule has 0 saturated carbocycles. The van der Waals surface area contributed by atoms with Gasteiger partial charge in [-0.3, -0.25) is 24.5 Å². The first-order chi connectivity index (χ1) is 17.2. The summed E-state index contributed by atoms with van der Waals surface area (Å²) in [4.78, 5) is 62.5. The van der Waals surface area contributed by atoms with Gasteiger partial charge in [-0.05, 0) is 37.3 Å². The molecule has 0 fully saturated rings. The van der Waals surface area contributed by atoms with Gasteiger partial charge >= 0.3 is 5.97 Å². The van der Waals surface area contributed by atoms with Crippen molar-refractivity contribution in [3.8, 4) is 0 Å². The Hall–Kier alpha value is -5.12. The molecule has 0 aliphatic heterocycles. The Bertz CT molecular complexity index is 1570. The van der Waals surface area contributed by atoms with Gasteiger partial charge in [-0.25, -0.2) is 4.79 Å². The van der Waals surface area contributed by atoms with Crippen LogP contribution in [0.5, 0.6) is 0 Å². The van der Waals surface area contributed by atoms with Crippen molar-refractivity contribution in [3.05, 3.63) is 116 Å². The number of nitrogens with zero attached hydrogens (tertiary/aromatic N) is 1. The van der Waals surface area contributed by atoms with E-state index in [2.05, 4.69) is 10.3 Å². The van der Waals surface area contributed by atoms with Gasteiger partial charge in [0, 0.05) is 39.8 Å². The summed E-state index contributed by atoms with van der Waals surface area (Å²) < 4.78 is 5.04. The Morgan fingerprint density at radius 3 is 2.39 bits per heavy atom. The monoisotopic (exact) mass is 485 g/mol. The molecule has 1 aromatic heterocycles. The van der Waals surface area contributed by atoms with E-state index in [4.69, 9.17) is 4.74 Å². The molecule has 10 heteroatoms. The number of hydrogen-bond acceptors (Lipinski definition) is 7. The summed E-state index contributed by atoms with van der Waals surface area (Å²) in [5.74, 6) is -1.85. The topological polar surface area (TPSA) is 148 Å². The van der Waals surface area contributed by atoms with Gasteiger partial charge in [-0.1, -0.05) is 30.3 Å². The number of para-hydroxylation sites is 1. The summed E-state index contributed by atoms with van der Waals surface area (Å²) in [6, 6.07) is 17.9. The Kier molecular flexibility index (Phi) is 6.68. The van der Waals surface area contributed by atoms with E-state index in [0.29, 0.717) is 22.2 Å². The fraction of sp³-hybridized carbons (Fsp3) is 0.0769. The molecule has 1 heterocycles. The van der Waals surface area contributed by atoms with E-state index < -0.39 is 34.7 Å². The third-order valence-electron chi connectivity index (χ3n) is 5.44. The lowest BCUT2D eigenvalue weighted by Crippen LogP contribution is -2.17. The summed E-state index contributed by atoms with van der Waals surface area (Å²) in [7, 11) is 0. The van der Waals surface area contributed by atoms with Crippen LogP contribution >= 0.6 is 0 Å². The molecular weight excluding hydrogens is 466 g/mol. The number of esters is 1. The van der Waals surface area contributed by atoms with Crippen LogP contribution in [-0.4, -0.2) is 34.2 Å². The van der Waals surface area contributed by atoms with Crippen LogP contribution < -0.4 is 10.9 Å². The van der Waals surface area contributed by atoms with Crippen LogP contribution in [0.25, 0.3) is 10.9 Å². The number of benzene rings is 3. The highest BCUT2D eigenvalue weighted by molar-refractivity contribution is 6.12. The second kappa shape index (κ2) is 10.0. The molecular formula is C26H19N3O7. The summed E-state index contributed by atoms with van der Waals surface area (Å²) in [6.07, 6.45) is 0. The number of ether oxygens (including phenoxy) is 1. The van der Waals surface area contributed by atoms with Crippen LogP contribution in [0, 0.1) is 17.0 Å². The number of amides is 1. The number of carbonyl (C=O) groups excluding carboxylic acids is 3. The van der Waals surface area contributed by atoms with Crippen molar-refractivity contribution in [2.45, 2.75) is 6.92 Å². The average Bonchev–Trinajstić information content (AvgIpc) is 2.87. The molecule has 10 nitrogen and oxygen atoms in total. The molecule has 0 aliphatic carbocycles. The van der Waals surface area contributed by atoms with E-state index >= 15 is 0 Å². The second-order valence-corrected chi connectivity index (χ2v) is 7.88. The largest absolute Gasteiger partial charge is 0.454 e. The highest BCUT2D eigenvalue weighted by Crippen LogP contribution is 2.20. The van der Waals surface area contributed by atoms with Crippen molar-refractivity contribution in [3.63, 3.8) is 0 Å². The molecule has 0 spiro atoms. The van der Waals surface area contributed by atoms with Crippen LogP contribution in [0.4, 0.5) is 11.4 Å². The highest BCUT2D eigenvalue weighted by atomic mass is 16.6. The molecule has 0 unspecified atom stereocenters. The number of aromatic amines is 1. The fourth-order valence-electron chi connectivity index (χ4n) is 3.56. The molecule has 4 rings (SSSR count). The number of pyridine rings is 1. The van der Waals surface area contributed by atoms with Crippen molar-refractivity contribution >= 4 is 39.9 Å². The van der Waals surface area contributed by atoms with E-state index in [-0.39, 0.29) is 22.4 Å². The number of H-pyrrole nitrogens is 1. The number of hydrogen-bond donors (Lipinski definition) is 2. The summed E-state index contributed by atoms with van der Waals surface area (Å²) in [6.45, 7) is 0.966. The minimum atomic E-state index is -0.775. The minimum absolute atomic E-state index is 0.0606. The standard InChI is InChI=1S/C26H19N3O7/c1-15-6-7-17(12-22(15)29(34)35)23(30)14-36-26(33)16-8-10-18(11-9-16)27-25(32)20-13-24(31)28-21-5-3-2-4-19(20)21/h2-13H,14H2,1H3,(H,27,32)(H,28,31). The zero-order valence-electron chi connectivity index (χ0n) is 18.9. The summed E-state index contributed by atoms with van der Waals surface area (Å²) >= 11 is 0. The summed E-state index contributed by atoms with van der Waals surface area (Å²) in [5.41, 5.74) is 1.11. The predicted molar refractivity (Wildman–Crippen MR) is 131 cm³/mol. The number of fused-ring (bicyclic) bond motifs is 1. The summed E-state index contributed by atoms with van der Waals surface area (Å²) in [5, 5.41) is 14.3. The first kappa shape index (κ1) is 24.0. The molecule has 180 valence electrons. The van der Waals surface area contributed by atoms with Crippen LogP contribution in [0.1, 0.15) is 36.6 Å². The smallest absolute Gasteiger partial charge is 0.338 e. The maximum Gasteiger partial charge on any atom is 0.338 e. The fourth-order valence-corrected chi connectivity index (χ4v) is 3.56. The van der Waals surface area contributed by atoms with Gasteiger partial charge in [0.05, 0.1) is 16.1 Å². The second-order valence-electron chi connectivity index (χ2n) is 7.88. The highest BCUT2D eigenvalue weighted by Gasteiger charge is 2.17. The maximum atomic E-state index is 12.8. The zero-order valence-corrected chi connectivity index (χ0v) is 18.9. The first-order valence-corrected chi connectivity index (χ1v) is 10.7. The van der Waals surface area contributed by atoms with Gasteiger partial charge in [0.1, 0.15) is 0 Å². The number of aromatic nitrogens is 1. The van der Waals surface area contributed by atoms with Crippen LogP contribution in [0.2, 0.25) is 0 Å². The lowest BCUT2D eigenvalue weighted by molar-refractivity contribution is -0.385. The van der Waals surface area contributed by atoms with Crippen molar-refractivity contribution in [2.75, 3.05) is 11.9 Å². The lowest BCUT2D eigenvalue weighted by atomic mass is 10.1. The number of ketones is 1. The molecule has 1 amide bonds. The number of rotatable bonds is 7. The number of Topliss-reactive ketones (excluding diaryl/α,β-unsaturated/α-hetero) is 1. The van der Waals surface area contributed by atoms with E-state index in [1.54, 1.807) is 31.2 Å². The molecule has 0 atom stereocenters. The molecule has 36 heavy (non-hydrogen) atoms. The quantitative estimate of drug-likeness (QED) is 0.174. The van der Waals surface area contributed by atoms with Gasteiger partial charge in [0.15, 0.2) is 6.61 Å². The maximum absolute atomic E-state index is 12.8. The van der Waals surface area contributed by atoms with Crippen molar-refractivity contribution < 1.29 is 24.0 Å². The number of nitrogens with one attached hydrogen (secondary N) is 2. The van der Waals surface area contributed by atoms with Gasteiger partial charge < -0.3 is 15.0 Å². The van der Waals surface area contributed by atoms with Crippen LogP contribution in [-0.2, 0) is 4.74 Å². The van der Waals surface area contributed by atoms with Gasteiger partial charge in [0.2, 0.25) is 11.3 Å². The van der Waals surface area contributed by atoms with Gasteiger partial charge in [-0.15, -0.1) is 0 Å². The minimum Gasteiger partial charge on any atom is -0.454 e. The van der Waals surface area contributed by atoms with Gasteiger partial charge in [-0.2, -0.15) is 0 Å². The molecule has 0 saturated heterocycles. The van der Waals surface area contributed by atoms with E-state index in [1.807, 2.05) is 0 Å². The number of carbonyl (C=O) groups is 3. The lowest BCUT2D eigenvalue weighted by Gasteiger charge is -2.09. The molecule has 0 aliphatic rings. The Labute approximate surface area is 203 Å². The predicted octanol–water partition coefficient (Wildman–Crippen LogP) is 4.04.